The van der Waals surface area contributed by atoms with Crippen molar-refractivity contribution < 1.29 is 14.2 Å². The van der Waals surface area contributed by atoms with Gasteiger partial charge in [-0.2, -0.15) is 0 Å². The van der Waals surface area contributed by atoms with Gasteiger partial charge >= 0.3 is 0 Å². The first kappa shape index (κ1) is 8.93. The van der Waals surface area contributed by atoms with E-state index < -0.39 is 11.6 Å². The molecule has 12 heavy (non-hydrogen) atoms. The lowest BCUT2D eigenvalue weighted by molar-refractivity contribution is 0.399. The van der Waals surface area contributed by atoms with Gasteiger partial charge in [-0.3, -0.25) is 0 Å². The van der Waals surface area contributed by atoms with E-state index in [-0.39, 0.29) is 16.5 Å². The molecule has 0 aliphatic carbocycles. The molecule has 0 bridgehead atoms. The third kappa shape index (κ3) is 1.25. The maximum absolute atomic E-state index is 12.7. The van der Waals surface area contributed by atoms with Crippen LogP contribution in [0.1, 0.15) is 0 Å². The summed E-state index contributed by atoms with van der Waals surface area (Å²) in [5, 5.41) is 8.79. The number of nitrogens with two attached hydrogens (primary N) is 1. The molecule has 3 nitrogen and oxygen atoms in total. The lowest BCUT2D eigenvalue weighted by atomic mass is 10.2. The van der Waals surface area contributed by atoms with Crippen LogP contribution < -0.4 is 10.5 Å². The van der Waals surface area contributed by atoms with Crippen LogP contribution in [0.15, 0.2) is 6.07 Å². The van der Waals surface area contributed by atoms with Gasteiger partial charge in [-0.05, 0) is 0 Å². The molecule has 0 atom stereocenters. The number of hydrogen-bond acceptors (Lipinski definition) is 3. The van der Waals surface area contributed by atoms with Gasteiger partial charge in [0.2, 0.25) is 0 Å². The molecule has 0 aromatic heterocycles. The van der Waals surface area contributed by atoms with Crippen LogP contribution in [0.4, 0.5) is 10.1 Å². The van der Waals surface area contributed by atoms with Gasteiger partial charge in [-0.25, -0.2) is 4.39 Å². The Morgan fingerprint density at radius 1 is 1.67 bits per heavy atom. The fraction of sp³-hybridized carbons (Fsp3) is 0.143. The highest BCUT2D eigenvalue weighted by molar-refractivity contribution is 6.34. The number of halogens is 2. The summed E-state index contributed by atoms with van der Waals surface area (Å²) in [6.45, 7) is 0. The molecule has 0 amide bonds. The Bertz CT molecular complexity index is 317. The standard InChI is InChI=1S/C7H7ClFNO2/c1-12-7-4(10)2-3(9)6(11)5(7)8/h2,11H,10H2,1H3. The number of benzene rings is 1. The molecule has 66 valence electrons. The number of hydrogen-bond donors (Lipinski definition) is 2. The van der Waals surface area contributed by atoms with Gasteiger partial charge in [-0.1, -0.05) is 11.6 Å². The Labute approximate surface area is 73.5 Å². The van der Waals surface area contributed by atoms with Crippen molar-refractivity contribution in [2.75, 3.05) is 12.8 Å². The first-order chi connectivity index (χ1) is 5.57. The smallest absolute Gasteiger partial charge is 0.174 e. The van der Waals surface area contributed by atoms with Crippen LogP contribution in [0.25, 0.3) is 0 Å². The summed E-state index contributed by atoms with van der Waals surface area (Å²) in [7, 11) is 1.33. The highest BCUT2D eigenvalue weighted by Crippen LogP contribution is 2.39. The summed E-state index contributed by atoms with van der Waals surface area (Å²) in [4.78, 5) is 0. The number of nitrogen functional groups attached to an aromatic ring is 1. The van der Waals surface area contributed by atoms with Crippen LogP contribution in [0.2, 0.25) is 5.02 Å². The molecule has 0 radical (unpaired) electrons. The van der Waals surface area contributed by atoms with E-state index in [1.54, 1.807) is 0 Å². The highest BCUT2D eigenvalue weighted by atomic mass is 35.5. The molecule has 0 saturated heterocycles. The summed E-state index contributed by atoms with van der Waals surface area (Å²) >= 11 is 5.51. The SMILES string of the molecule is COc1c(N)cc(F)c(O)c1Cl. The van der Waals surface area contributed by atoms with E-state index in [1.807, 2.05) is 0 Å². The summed E-state index contributed by atoms with van der Waals surface area (Å²) in [5.41, 5.74) is 5.39. The summed E-state index contributed by atoms with van der Waals surface area (Å²) < 4.78 is 17.4. The fourth-order valence-electron chi connectivity index (χ4n) is 0.817. The molecule has 0 fully saturated rings. The molecule has 3 N–H and O–H groups in total. The third-order valence-electron chi connectivity index (χ3n) is 1.38. The van der Waals surface area contributed by atoms with Crippen molar-refractivity contribution in [3.05, 3.63) is 16.9 Å². The van der Waals surface area contributed by atoms with Crippen molar-refractivity contribution in [2.45, 2.75) is 0 Å². The Morgan fingerprint density at radius 3 is 2.75 bits per heavy atom. The van der Waals surface area contributed by atoms with Gasteiger partial charge in [0.15, 0.2) is 17.3 Å². The Hall–Kier alpha value is -1.16. The van der Waals surface area contributed by atoms with Crippen molar-refractivity contribution in [3.8, 4) is 11.5 Å². The quantitative estimate of drug-likeness (QED) is 0.526. The van der Waals surface area contributed by atoms with Gasteiger partial charge < -0.3 is 15.6 Å². The minimum absolute atomic E-state index is 0.0535. The Kier molecular flexibility index (Phi) is 2.28. The molecular weight excluding hydrogens is 185 g/mol. The summed E-state index contributed by atoms with van der Waals surface area (Å²) in [5.74, 6) is -1.43. The Morgan fingerprint density at radius 2 is 2.25 bits per heavy atom. The number of rotatable bonds is 1. The van der Waals surface area contributed by atoms with Gasteiger partial charge in [0.1, 0.15) is 5.02 Å². The molecule has 5 heteroatoms. The number of aromatic hydroxyl groups is 1. The maximum Gasteiger partial charge on any atom is 0.174 e. The number of anilines is 1. The molecule has 1 rings (SSSR count). The summed E-state index contributed by atoms with van der Waals surface area (Å²) in [6, 6.07) is 0.944. The molecule has 0 aliphatic heterocycles. The van der Waals surface area contributed by atoms with Crippen LogP contribution >= 0.6 is 11.6 Å². The fourth-order valence-corrected chi connectivity index (χ4v) is 1.09. The van der Waals surface area contributed by atoms with Gasteiger partial charge in [0.25, 0.3) is 0 Å². The zero-order chi connectivity index (χ0) is 9.30. The second-order valence-corrected chi connectivity index (χ2v) is 2.52. The Balaban J connectivity index is 3.40. The van der Waals surface area contributed by atoms with E-state index >= 15 is 0 Å². The van der Waals surface area contributed by atoms with Crippen molar-refractivity contribution in [1.29, 1.82) is 0 Å². The van der Waals surface area contributed by atoms with E-state index in [9.17, 15) is 4.39 Å². The molecular formula is C7H7ClFNO2. The largest absolute Gasteiger partial charge is 0.504 e. The van der Waals surface area contributed by atoms with Crippen LogP contribution in [0.3, 0.4) is 0 Å². The number of phenols is 1. The van der Waals surface area contributed by atoms with E-state index in [1.165, 1.54) is 7.11 Å². The second-order valence-electron chi connectivity index (χ2n) is 2.14. The molecule has 1 aromatic rings. The van der Waals surface area contributed by atoms with Crippen molar-refractivity contribution in [1.82, 2.24) is 0 Å². The van der Waals surface area contributed by atoms with Crippen molar-refractivity contribution in [2.24, 2.45) is 0 Å². The average Bonchev–Trinajstić information content (AvgIpc) is 2.01. The van der Waals surface area contributed by atoms with Gasteiger partial charge in [0.05, 0.1) is 12.8 Å². The van der Waals surface area contributed by atoms with Crippen molar-refractivity contribution in [3.63, 3.8) is 0 Å². The van der Waals surface area contributed by atoms with E-state index in [0.717, 1.165) is 6.07 Å². The monoisotopic (exact) mass is 191 g/mol. The zero-order valence-corrected chi connectivity index (χ0v) is 7.02. The summed E-state index contributed by atoms with van der Waals surface area (Å²) in [6.07, 6.45) is 0. The second kappa shape index (κ2) is 3.06. The topological polar surface area (TPSA) is 55.5 Å². The van der Waals surface area contributed by atoms with Crippen molar-refractivity contribution >= 4 is 17.3 Å². The number of methoxy groups -OCH3 is 1. The third-order valence-corrected chi connectivity index (χ3v) is 1.73. The first-order valence-electron chi connectivity index (χ1n) is 3.08. The molecule has 0 unspecified atom stereocenters. The zero-order valence-electron chi connectivity index (χ0n) is 6.27. The normalized spacial score (nSPS) is 9.92. The highest BCUT2D eigenvalue weighted by Gasteiger charge is 2.14. The van der Waals surface area contributed by atoms with Gasteiger partial charge in [-0.15, -0.1) is 0 Å². The molecule has 0 aliphatic rings. The predicted molar refractivity (Wildman–Crippen MR) is 44.0 cm³/mol. The van der Waals surface area contributed by atoms with Crippen LogP contribution in [-0.4, -0.2) is 12.2 Å². The number of phenolic OH excluding ortho intramolecular Hbond substituents is 1. The van der Waals surface area contributed by atoms with Crippen LogP contribution in [-0.2, 0) is 0 Å². The van der Waals surface area contributed by atoms with E-state index in [0.29, 0.717) is 0 Å². The van der Waals surface area contributed by atoms with E-state index in [4.69, 9.17) is 27.2 Å². The lowest BCUT2D eigenvalue weighted by Crippen LogP contribution is -1.94. The van der Waals surface area contributed by atoms with Crippen LogP contribution in [0.5, 0.6) is 11.5 Å². The lowest BCUT2D eigenvalue weighted by Gasteiger charge is -2.07. The minimum atomic E-state index is -0.863. The molecule has 0 spiro atoms. The number of ether oxygens (including phenoxy) is 1. The predicted octanol–water partition coefficient (Wildman–Crippen LogP) is 1.78. The molecule has 1 aromatic carbocycles. The maximum atomic E-state index is 12.7. The molecule has 0 heterocycles. The minimum Gasteiger partial charge on any atom is -0.504 e. The first-order valence-corrected chi connectivity index (χ1v) is 3.46. The molecule has 0 saturated carbocycles. The van der Waals surface area contributed by atoms with Gasteiger partial charge in [0, 0.05) is 6.07 Å². The average molecular weight is 192 g/mol. The van der Waals surface area contributed by atoms with Crippen LogP contribution in [0, 0.1) is 5.82 Å². The van der Waals surface area contributed by atoms with E-state index in [2.05, 4.69) is 0 Å².